The molecule has 1 aromatic heterocycles. The van der Waals surface area contributed by atoms with E-state index >= 15 is 0 Å². The van der Waals surface area contributed by atoms with E-state index < -0.39 is 0 Å². The van der Waals surface area contributed by atoms with Gasteiger partial charge in [-0.25, -0.2) is 0 Å². The summed E-state index contributed by atoms with van der Waals surface area (Å²) in [6.07, 6.45) is 1.26. The molecule has 0 amide bonds. The van der Waals surface area contributed by atoms with Crippen molar-refractivity contribution in [1.29, 1.82) is 0 Å². The molecule has 1 aromatic rings. The molecule has 0 saturated carbocycles. The zero-order chi connectivity index (χ0) is 9.14. The van der Waals surface area contributed by atoms with Gasteiger partial charge in [-0.1, -0.05) is 20.3 Å². The van der Waals surface area contributed by atoms with Crippen LogP contribution in [0.15, 0.2) is 12.1 Å². The van der Waals surface area contributed by atoms with Gasteiger partial charge < -0.3 is 4.57 Å². The van der Waals surface area contributed by atoms with Gasteiger partial charge in [0.05, 0.1) is 0 Å². The molecule has 0 spiro atoms. The lowest BCUT2D eigenvalue weighted by Gasteiger charge is -2.13. The van der Waals surface area contributed by atoms with Crippen LogP contribution in [0, 0.1) is 19.8 Å². The van der Waals surface area contributed by atoms with Crippen LogP contribution in [0.4, 0.5) is 0 Å². The van der Waals surface area contributed by atoms with E-state index in [0.717, 1.165) is 5.92 Å². The van der Waals surface area contributed by atoms with Gasteiger partial charge in [-0.05, 0) is 31.9 Å². The van der Waals surface area contributed by atoms with Crippen LogP contribution in [-0.4, -0.2) is 4.57 Å². The topological polar surface area (TPSA) is 4.93 Å². The summed E-state index contributed by atoms with van der Waals surface area (Å²) < 4.78 is 2.40. The molecule has 0 N–H and O–H groups in total. The normalized spacial score (nSPS) is 13.3. The highest BCUT2D eigenvalue weighted by atomic mass is 15.0. The van der Waals surface area contributed by atoms with Crippen LogP contribution < -0.4 is 0 Å². The smallest absolute Gasteiger partial charge is 0.0250 e. The molecular formula is C11H19N. The standard InChI is InChI=1S/C11H19N/c1-5-9(2)8-12-10(3)6-7-11(12)4/h6-7,9H,5,8H2,1-4H3. The van der Waals surface area contributed by atoms with Gasteiger partial charge in [0.2, 0.25) is 0 Å². The average Bonchev–Trinajstić information content (AvgIpc) is 2.35. The summed E-state index contributed by atoms with van der Waals surface area (Å²) in [6.45, 7) is 10.1. The monoisotopic (exact) mass is 165 g/mol. The Hall–Kier alpha value is -0.720. The van der Waals surface area contributed by atoms with Crippen LogP contribution in [0.3, 0.4) is 0 Å². The number of aryl methyl sites for hydroxylation is 2. The molecule has 1 atom stereocenters. The Morgan fingerprint density at radius 3 is 2.17 bits per heavy atom. The van der Waals surface area contributed by atoms with Gasteiger partial charge >= 0.3 is 0 Å². The summed E-state index contributed by atoms with van der Waals surface area (Å²) in [4.78, 5) is 0. The third-order valence-electron chi connectivity index (χ3n) is 2.61. The molecule has 1 nitrogen and oxygen atoms in total. The molecule has 1 unspecified atom stereocenters. The van der Waals surface area contributed by atoms with Crippen molar-refractivity contribution in [3.63, 3.8) is 0 Å². The zero-order valence-corrected chi connectivity index (χ0v) is 8.59. The van der Waals surface area contributed by atoms with E-state index in [-0.39, 0.29) is 0 Å². The summed E-state index contributed by atoms with van der Waals surface area (Å²) in [6, 6.07) is 4.38. The Kier molecular flexibility index (Phi) is 2.96. The third kappa shape index (κ3) is 1.90. The Morgan fingerprint density at radius 2 is 1.75 bits per heavy atom. The van der Waals surface area contributed by atoms with Crippen molar-refractivity contribution in [2.75, 3.05) is 0 Å². The third-order valence-corrected chi connectivity index (χ3v) is 2.61. The van der Waals surface area contributed by atoms with E-state index in [9.17, 15) is 0 Å². The second kappa shape index (κ2) is 3.79. The summed E-state index contributed by atoms with van der Waals surface area (Å²) in [5.41, 5.74) is 2.76. The molecule has 12 heavy (non-hydrogen) atoms. The van der Waals surface area contributed by atoms with Crippen molar-refractivity contribution in [1.82, 2.24) is 4.57 Å². The largest absolute Gasteiger partial charge is 0.349 e. The fourth-order valence-corrected chi connectivity index (χ4v) is 1.43. The first kappa shape index (κ1) is 9.37. The lowest BCUT2D eigenvalue weighted by atomic mass is 10.1. The molecule has 1 heterocycles. The summed E-state index contributed by atoms with van der Waals surface area (Å²) in [5.74, 6) is 0.787. The molecule has 0 aliphatic rings. The first-order chi connectivity index (χ1) is 5.65. The highest BCUT2D eigenvalue weighted by molar-refractivity contribution is 5.13. The minimum Gasteiger partial charge on any atom is -0.349 e. The van der Waals surface area contributed by atoms with Crippen LogP contribution in [0.25, 0.3) is 0 Å². The van der Waals surface area contributed by atoms with Crippen LogP contribution in [-0.2, 0) is 6.54 Å². The molecule has 0 aromatic carbocycles. The molecular weight excluding hydrogens is 146 g/mol. The zero-order valence-electron chi connectivity index (χ0n) is 8.59. The van der Waals surface area contributed by atoms with E-state index in [1.54, 1.807) is 0 Å². The van der Waals surface area contributed by atoms with E-state index in [1.807, 2.05) is 0 Å². The van der Waals surface area contributed by atoms with Gasteiger partial charge in [-0.2, -0.15) is 0 Å². The van der Waals surface area contributed by atoms with Crippen molar-refractivity contribution >= 4 is 0 Å². The van der Waals surface area contributed by atoms with E-state index in [0.29, 0.717) is 0 Å². The van der Waals surface area contributed by atoms with Crippen LogP contribution >= 0.6 is 0 Å². The van der Waals surface area contributed by atoms with E-state index in [2.05, 4.69) is 44.4 Å². The molecule has 68 valence electrons. The maximum Gasteiger partial charge on any atom is 0.0250 e. The minimum absolute atomic E-state index is 0.787. The lowest BCUT2D eigenvalue weighted by molar-refractivity contribution is 0.459. The maximum absolute atomic E-state index is 2.40. The average molecular weight is 165 g/mol. The fraction of sp³-hybridized carbons (Fsp3) is 0.636. The Balaban J connectivity index is 2.73. The fourth-order valence-electron chi connectivity index (χ4n) is 1.43. The summed E-state index contributed by atoms with van der Waals surface area (Å²) in [5, 5.41) is 0. The molecule has 1 rings (SSSR count). The molecule has 0 fully saturated rings. The molecule has 0 aliphatic carbocycles. The maximum atomic E-state index is 2.40. The molecule has 0 aliphatic heterocycles. The molecule has 0 saturated heterocycles. The second-order valence-corrected chi connectivity index (χ2v) is 3.74. The minimum atomic E-state index is 0.787. The first-order valence-electron chi connectivity index (χ1n) is 4.78. The predicted octanol–water partition coefficient (Wildman–Crippen LogP) is 3.15. The Morgan fingerprint density at radius 1 is 1.25 bits per heavy atom. The van der Waals surface area contributed by atoms with Gasteiger partial charge in [0.15, 0.2) is 0 Å². The second-order valence-electron chi connectivity index (χ2n) is 3.74. The predicted molar refractivity (Wildman–Crippen MR) is 53.4 cm³/mol. The Bertz CT molecular complexity index is 228. The first-order valence-corrected chi connectivity index (χ1v) is 4.78. The summed E-state index contributed by atoms with van der Waals surface area (Å²) in [7, 11) is 0. The summed E-state index contributed by atoms with van der Waals surface area (Å²) >= 11 is 0. The van der Waals surface area contributed by atoms with Crippen molar-refractivity contribution in [2.24, 2.45) is 5.92 Å². The molecule has 0 radical (unpaired) electrons. The number of hydrogen-bond donors (Lipinski definition) is 0. The highest BCUT2D eigenvalue weighted by Gasteiger charge is 2.04. The Labute approximate surface area is 75.4 Å². The van der Waals surface area contributed by atoms with Crippen molar-refractivity contribution in [3.8, 4) is 0 Å². The highest BCUT2D eigenvalue weighted by Crippen LogP contribution is 2.12. The van der Waals surface area contributed by atoms with Crippen LogP contribution in [0.5, 0.6) is 0 Å². The number of aromatic nitrogens is 1. The number of nitrogens with zero attached hydrogens (tertiary/aromatic N) is 1. The van der Waals surface area contributed by atoms with Crippen molar-refractivity contribution < 1.29 is 0 Å². The van der Waals surface area contributed by atoms with Gasteiger partial charge in [-0.15, -0.1) is 0 Å². The van der Waals surface area contributed by atoms with Crippen molar-refractivity contribution in [2.45, 2.75) is 40.7 Å². The van der Waals surface area contributed by atoms with Crippen molar-refractivity contribution in [3.05, 3.63) is 23.5 Å². The van der Waals surface area contributed by atoms with Gasteiger partial charge in [0.25, 0.3) is 0 Å². The number of hydrogen-bond acceptors (Lipinski definition) is 0. The molecule has 1 heteroatoms. The SMILES string of the molecule is CCC(C)Cn1c(C)ccc1C. The van der Waals surface area contributed by atoms with Gasteiger partial charge in [-0.3, -0.25) is 0 Å². The lowest BCUT2D eigenvalue weighted by Crippen LogP contribution is -2.09. The van der Waals surface area contributed by atoms with Gasteiger partial charge in [0, 0.05) is 17.9 Å². The number of rotatable bonds is 3. The van der Waals surface area contributed by atoms with Crippen LogP contribution in [0.2, 0.25) is 0 Å². The van der Waals surface area contributed by atoms with E-state index in [1.165, 1.54) is 24.4 Å². The molecule has 0 bridgehead atoms. The van der Waals surface area contributed by atoms with E-state index in [4.69, 9.17) is 0 Å². The quantitative estimate of drug-likeness (QED) is 0.648. The van der Waals surface area contributed by atoms with Gasteiger partial charge in [0.1, 0.15) is 0 Å². The van der Waals surface area contributed by atoms with Crippen LogP contribution in [0.1, 0.15) is 31.7 Å².